The summed E-state index contributed by atoms with van der Waals surface area (Å²) in [4.78, 5) is 25.9. The van der Waals surface area contributed by atoms with E-state index < -0.39 is 11.8 Å². The summed E-state index contributed by atoms with van der Waals surface area (Å²) in [6.45, 7) is 3.69. The summed E-state index contributed by atoms with van der Waals surface area (Å²) in [5, 5.41) is 20.2. The first-order valence-corrected chi connectivity index (χ1v) is 12.9. The first-order valence-electron chi connectivity index (χ1n) is 11.3. The molecule has 0 aliphatic heterocycles. The Kier molecular flexibility index (Phi) is 9.92. The highest BCUT2D eigenvalue weighted by atomic mass is 35.5. The average molecular weight is 569 g/mol. The van der Waals surface area contributed by atoms with Gasteiger partial charge >= 0.3 is 5.97 Å². The Morgan fingerprint density at radius 3 is 2.50 bits per heavy atom. The minimum atomic E-state index is -0.547. The first-order chi connectivity index (χ1) is 18.2. The molecule has 0 amide bonds. The molecule has 0 aliphatic carbocycles. The Labute approximate surface area is 234 Å². The smallest absolute Gasteiger partial charge is 0.348 e. The number of benzene rings is 2. The minimum absolute atomic E-state index is 0.110. The molecule has 3 aromatic rings. The molecule has 1 aromatic heterocycles. The lowest BCUT2D eigenvalue weighted by Gasteiger charge is -2.12. The van der Waals surface area contributed by atoms with Crippen LogP contribution < -0.4 is 9.47 Å². The van der Waals surface area contributed by atoms with E-state index in [9.17, 15) is 20.1 Å². The number of nitriles is 2. The van der Waals surface area contributed by atoms with Crippen LogP contribution in [0.15, 0.2) is 42.0 Å². The van der Waals surface area contributed by atoms with Crippen LogP contribution in [0, 0.1) is 29.6 Å². The van der Waals surface area contributed by atoms with Crippen LogP contribution in [0.25, 0.3) is 6.08 Å². The maximum Gasteiger partial charge on any atom is 0.348 e. The third-order valence-corrected chi connectivity index (χ3v) is 7.29. The molecule has 0 atom stereocenters. The molecule has 0 radical (unpaired) electrons. The van der Waals surface area contributed by atoms with E-state index in [0.717, 1.165) is 16.9 Å². The number of nitrogens with zero attached hydrogens (tertiary/aromatic N) is 2. The largest absolute Gasteiger partial charge is 0.493 e. The average Bonchev–Trinajstić information content (AvgIpc) is 3.21. The van der Waals surface area contributed by atoms with E-state index >= 15 is 0 Å². The van der Waals surface area contributed by atoms with Crippen molar-refractivity contribution < 1.29 is 23.8 Å². The third kappa shape index (κ3) is 6.73. The fourth-order valence-electron chi connectivity index (χ4n) is 3.51. The summed E-state index contributed by atoms with van der Waals surface area (Å²) in [6.07, 6.45) is 1.23. The fourth-order valence-corrected chi connectivity index (χ4v) is 5.12. The van der Waals surface area contributed by atoms with Gasteiger partial charge in [0.05, 0.1) is 24.9 Å². The number of methoxy groups -OCH3 is 1. The zero-order valence-electron chi connectivity index (χ0n) is 20.8. The number of hydrogen-bond acceptors (Lipinski definition) is 8. The second kappa shape index (κ2) is 13.1. The Balaban J connectivity index is 1.81. The van der Waals surface area contributed by atoms with Crippen LogP contribution in [0.2, 0.25) is 10.0 Å². The number of hydrogen-bond donors (Lipinski definition) is 0. The van der Waals surface area contributed by atoms with Crippen LogP contribution in [0.5, 0.6) is 11.5 Å². The fraction of sp³-hybridized carbons (Fsp3) is 0.214. The van der Waals surface area contributed by atoms with Crippen molar-refractivity contribution in [2.45, 2.75) is 26.9 Å². The zero-order chi connectivity index (χ0) is 27.8. The van der Waals surface area contributed by atoms with Gasteiger partial charge in [-0.1, -0.05) is 35.3 Å². The number of rotatable bonds is 10. The number of ketones is 1. The quantitative estimate of drug-likeness (QED) is 0.152. The van der Waals surface area contributed by atoms with E-state index in [1.807, 2.05) is 12.1 Å². The molecule has 38 heavy (non-hydrogen) atoms. The van der Waals surface area contributed by atoms with Crippen LogP contribution in [-0.2, 0) is 22.6 Å². The number of esters is 1. The molecule has 0 unspecified atom stereocenters. The summed E-state index contributed by atoms with van der Waals surface area (Å²) in [5.74, 6) is -0.195. The molecule has 0 saturated carbocycles. The lowest BCUT2D eigenvalue weighted by atomic mass is 10.0. The van der Waals surface area contributed by atoms with Gasteiger partial charge in [-0.25, -0.2) is 4.79 Å². The van der Waals surface area contributed by atoms with Gasteiger partial charge in [0.25, 0.3) is 0 Å². The zero-order valence-corrected chi connectivity index (χ0v) is 23.1. The van der Waals surface area contributed by atoms with Gasteiger partial charge in [-0.05, 0) is 55.3 Å². The Morgan fingerprint density at radius 2 is 1.87 bits per heavy atom. The SMILES string of the molecule is CCOC(=O)c1sc(CC(=O)/C(C#N)=C/c2ccc(OCc3ccc(Cl)cc3Cl)c(OC)c2)c(C#N)c1C. The molecule has 0 bridgehead atoms. The predicted octanol–water partition coefficient (Wildman–Crippen LogP) is 6.72. The van der Waals surface area contributed by atoms with Crippen molar-refractivity contribution >= 4 is 52.4 Å². The molecule has 0 N–H and O–H groups in total. The van der Waals surface area contributed by atoms with Crippen molar-refractivity contribution in [2.75, 3.05) is 13.7 Å². The first kappa shape index (κ1) is 28.7. The summed E-state index contributed by atoms with van der Waals surface area (Å²) >= 11 is 13.2. The number of allylic oxidation sites excluding steroid dienone is 1. The van der Waals surface area contributed by atoms with Gasteiger partial charge in [0.1, 0.15) is 23.6 Å². The minimum Gasteiger partial charge on any atom is -0.493 e. The molecule has 0 fully saturated rings. The van der Waals surface area contributed by atoms with Gasteiger partial charge in [0, 0.05) is 26.9 Å². The number of carbonyl (C=O) groups excluding carboxylic acids is 2. The Bertz CT molecular complexity index is 1500. The van der Waals surface area contributed by atoms with Crippen molar-refractivity contribution in [3.8, 4) is 23.6 Å². The molecular formula is C28H22Cl2N2O5S. The Hall–Kier alpha value is -3.82. The van der Waals surface area contributed by atoms with Gasteiger partial charge in [0.2, 0.25) is 0 Å². The molecule has 10 heteroatoms. The highest BCUT2D eigenvalue weighted by Gasteiger charge is 2.23. The van der Waals surface area contributed by atoms with Crippen LogP contribution in [-0.4, -0.2) is 25.5 Å². The number of Topliss-reactive ketones (excluding diaryl/α,β-unsaturated/α-hetero) is 1. The van der Waals surface area contributed by atoms with Crippen molar-refractivity contribution in [3.05, 3.63) is 84.0 Å². The molecule has 194 valence electrons. The monoisotopic (exact) mass is 568 g/mol. The van der Waals surface area contributed by atoms with Crippen LogP contribution in [0.4, 0.5) is 0 Å². The third-order valence-electron chi connectivity index (χ3n) is 5.43. The summed E-state index contributed by atoms with van der Waals surface area (Å²) in [5.41, 5.74) is 1.88. The van der Waals surface area contributed by atoms with Crippen LogP contribution in [0.3, 0.4) is 0 Å². The second-order valence-electron chi connectivity index (χ2n) is 7.89. The van der Waals surface area contributed by atoms with E-state index in [-0.39, 0.29) is 35.6 Å². The van der Waals surface area contributed by atoms with Crippen molar-refractivity contribution in [1.82, 2.24) is 0 Å². The highest BCUT2D eigenvalue weighted by Crippen LogP contribution is 2.32. The Morgan fingerprint density at radius 1 is 1.11 bits per heavy atom. The lowest BCUT2D eigenvalue weighted by molar-refractivity contribution is -0.114. The van der Waals surface area contributed by atoms with E-state index in [2.05, 4.69) is 0 Å². The molecule has 0 spiro atoms. The normalized spacial score (nSPS) is 10.9. The number of halogens is 2. The molecule has 1 heterocycles. The molecule has 7 nitrogen and oxygen atoms in total. The summed E-state index contributed by atoms with van der Waals surface area (Å²) < 4.78 is 16.3. The topological polar surface area (TPSA) is 109 Å². The van der Waals surface area contributed by atoms with E-state index in [1.165, 1.54) is 13.2 Å². The maximum absolute atomic E-state index is 13.0. The molecule has 0 aliphatic rings. The standard InChI is InChI=1S/C28H22Cl2N2O5S/c1-4-36-28(34)27-16(2)21(14-32)26(38-27)12-23(33)19(13-31)9-17-5-8-24(25(10-17)35-3)37-15-18-6-7-20(29)11-22(18)30/h5-11H,4,12,15H2,1-3H3/b19-9+. The molecular weight excluding hydrogens is 547 g/mol. The predicted molar refractivity (Wildman–Crippen MR) is 146 cm³/mol. The summed E-state index contributed by atoms with van der Waals surface area (Å²) in [6, 6.07) is 14.1. The number of carbonyl (C=O) groups is 2. The maximum atomic E-state index is 13.0. The van der Waals surface area contributed by atoms with E-state index in [0.29, 0.717) is 37.5 Å². The number of ether oxygens (including phenoxy) is 3. The van der Waals surface area contributed by atoms with Gasteiger partial charge in [-0.15, -0.1) is 11.3 Å². The van der Waals surface area contributed by atoms with E-state index in [4.69, 9.17) is 37.4 Å². The van der Waals surface area contributed by atoms with E-state index in [1.54, 1.807) is 50.2 Å². The van der Waals surface area contributed by atoms with Gasteiger partial charge in [0.15, 0.2) is 17.3 Å². The second-order valence-corrected chi connectivity index (χ2v) is 9.84. The van der Waals surface area contributed by atoms with Gasteiger partial charge < -0.3 is 14.2 Å². The number of thiophene rings is 1. The van der Waals surface area contributed by atoms with Gasteiger partial charge in [-0.3, -0.25) is 4.79 Å². The lowest BCUT2D eigenvalue weighted by Crippen LogP contribution is -2.05. The molecule has 3 rings (SSSR count). The van der Waals surface area contributed by atoms with Crippen LogP contribution >= 0.6 is 34.5 Å². The highest BCUT2D eigenvalue weighted by molar-refractivity contribution is 7.14. The van der Waals surface area contributed by atoms with Crippen molar-refractivity contribution in [2.24, 2.45) is 0 Å². The molecule has 0 saturated heterocycles. The van der Waals surface area contributed by atoms with Crippen molar-refractivity contribution in [3.63, 3.8) is 0 Å². The molecule has 2 aromatic carbocycles. The van der Waals surface area contributed by atoms with Crippen molar-refractivity contribution in [1.29, 1.82) is 10.5 Å². The van der Waals surface area contributed by atoms with Crippen LogP contribution in [0.1, 0.15) is 43.7 Å². The summed E-state index contributed by atoms with van der Waals surface area (Å²) in [7, 11) is 1.48. The van der Waals surface area contributed by atoms with Gasteiger partial charge in [-0.2, -0.15) is 10.5 Å².